The van der Waals surface area contributed by atoms with Crippen molar-refractivity contribution in [3.05, 3.63) is 16.1 Å². The Morgan fingerprint density at radius 3 is 3.19 bits per heavy atom. The van der Waals surface area contributed by atoms with Gasteiger partial charge < -0.3 is 0 Å². The highest BCUT2D eigenvalue weighted by atomic mass is 32.1. The van der Waals surface area contributed by atoms with E-state index in [9.17, 15) is 4.79 Å². The van der Waals surface area contributed by atoms with E-state index in [4.69, 9.17) is 0 Å². The van der Waals surface area contributed by atoms with Crippen molar-refractivity contribution in [3.8, 4) is 0 Å². The molecule has 0 unspecified atom stereocenters. The third kappa shape index (κ3) is 3.12. The van der Waals surface area contributed by atoms with Gasteiger partial charge in [-0.15, -0.1) is 11.3 Å². The van der Waals surface area contributed by atoms with E-state index in [0.717, 1.165) is 44.5 Å². The monoisotopic (exact) mass is 238 g/mol. The van der Waals surface area contributed by atoms with Crippen LogP contribution < -0.4 is 0 Å². The molecule has 0 amide bonds. The van der Waals surface area contributed by atoms with E-state index in [1.807, 2.05) is 0 Å². The largest absolute Gasteiger partial charge is 0.298 e. The molecule has 0 N–H and O–H groups in total. The number of thiazole rings is 1. The van der Waals surface area contributed by atoms with Crippen molar-refractivity contribution in [1.82, 2.24) is 9.88 Å². The van der Waals surface area contributed by atoms with Crippen molar-refractivity contribution in [2.24, 2.45) is 0 Å². The molecule has 16 heavy (non-hydrogen) atoms. The van der Waals surface area contributed by atoms with Gasteiger partial charge in [-0.2, -0.15) is 0 Å². The Hall–Kier alpha value is -0.740. The highest BCUT2D eigenvalue weighted by Crippen LogP contribution is 2.15. The van der Waals surface area contributed by atoms with Gasteiger partial charge in [-0.1, -0.05) is 6.92 Å². The molecule has 1 aliphatic rings. The van der Waals surface area contributed by atoms with E-state index >= 15 is 0 Å². The second-order valence-electron chi connectivity index (χ2n) is 4.34. The molecule has 1 aliphatic heterocycles. The average Bonchev–Trinajstić information content (AvgIpc) is 2.66. The number of Topliss-reactive ketones (excluding diaryl/α,β-unsaturated/α-hetero) is 1. The quantitative estimate of drug-likeness (QED) is 0.806. The van der Waals surface area contributed by atoms with Crippen molar-refractivity contribution in [2.45, 2.75) is 39.2 Å². The molecule has 2 rings (SSSR count). The van der Waals surface area contributed by atoms with E-state index in [1.54, 1.807) is 11.3 Å². The second kappa shape index (κ2) is 5.55. The van der Waals surface area contributed by atoms with E-state index in [0.29, 0.717) is 12.3 Å². The molecule has 4 heteroatoms. The molecule has 1 aromatic rings. The van der Waals surface area contributed by atoms with E-state index in [-0.39, 0.29) is 0 Å². The van der Waals surface area contributed by atoms with Gasteiger partial charge in [-0.25, -0.2) is 4.98 Å². The zero-order chi connectivity index (χ0) is 11.4. The van der Waals surface area contributed by atoms with Crippen molar-refractivity contribution < 1.29 is 4.79 Å². The van der Waals surface area contributed by atoms with Crippen LogP contribution in [0.4, 0.5) is 0 Å². The van der Waals surface area contributed by atoms with E-state index < -0.39 is 0 Å². The van der Waals surface area contributed by atoms with Gasteiger partial charge in [-0.05, 0) is 25.8 Å². The van der Waals surface area contributed by atoms with Crippen LogP contribution in [0.2, 0.25) is 0 Å². The molecule has 3 nitrogen and oxygen atoms in total. The summed E-state index contributed by atoms with van der Waals surface area (Å²) in [5, 5.41) is 3.35. The molecule has 0 bridgehead atoms. The lowest BCUT2D eigenvalue weighted by Gasteiger charge is -2.24. The fraction of sp³-hybridized carbons (Fsp3) is 0.667. The van der Waals surface area contributed by atoms with Gasteiger partial charge in [0.05, 0.1) is 17.2 Å². The fourth-order valence-electron chi connectivity index (χ4n) is 2.02. The summed E-state index contributed by atoms with van der Waals surface area (Å²) in [6, 6.07) is 0. The number of nitrogens with zero attached hydrogens (tertiary/aromatic N) is 2. The Morgan fingerprint density at radius 2 is 2.44 bits per heavy atom. The number of aromatic nitrogens is 1. The highest BCUT2D eigenvalue weighted by molar-refractivity contribution is 7.09. The predicted octanol–water partition coefficient (Wildman–Crippen LogP) is 2.26. The number of piperidine rings is 1. The maximum Gasteiger partial charge on any atom is 0.146 e. The summed E-state index contributed by atoms with van der Waals surface area (Å²) >= 11 is 1.74. The van der Waals surface area contributed by atoms with E-state index in [1.165, 1.54) is 5.01 Å². The number of ketones is 1. The van der Waals surface area contributed by atoms with Crippen LogP contribution in [0, 0.1) is 0 Å². The van der Waals surface area contributed by atoms with Gasteiger partial charge in [0.25, 0.3) is 0 Å². The van der Waals surface area contributed by atoms with Crippen molar-refractivity contribution in [1.29, 1.82) is 0 Å². The zero-order valence-corrected chi connectivity index (χ0v) is 10.6. The van der Waals surface area contributed by atoms with Gasteiger partial charge in [0.1, 0.15) is 5.78 Å². The molecule has 1 aromatic heterocycles. The van der Waals surface area contributed by atoms with Gasteiger partial charge in [0.15, 0.2) is 0 Å². The number of aryl methyl sites for hydroxylation is 1. The standard InChI is InChI=1S/C12H18N2OS/c1-2-4-12-13-10(9-16-12)7-14-6-3-5-11(15)8-14/h9H,2-8H2,1H3. The molecule has 1 saturated heterocycles. The van der Waals surface area contributed by atoms with E-state index in [2.05, 4.69) is 22.2 Å². The van der Waals surface area contributed by atoms with Gasteiger partial charge in [0, 0.05) is 18.3 Å². The molecule has 0 spiro atoms. The Kier molecular flexibility index (Phi) is 4.07. The minimum Gasteiger partial charge on any atom is -0.298 e. The third-order valence-electron chi connectivity index (χ3n) is 2.78. The molecular weight excluding hydrogens is 220 g/mol. The maximum absolute atomic E-state index is 11.3. The van der Waals surface area contributed by atoms with Crippen LogP contribution in [0.5, 0.6) is 0 Å². The molecule has 0 radical (unpaired) electrons. The van der Waals surface area contributed by atoms with Crippen LogP contribution in [0.1, 0.15) is 36.9 Å². The number of carbonyl (C=O) groups excluding carboxylic acids is 1. The summed E-state index contributed by atoms with van der Waals surface area (Å²) in [6.07, 6.45) is 3.98. The first-order valence-electron chi connectivity index (χ1n) is 5.95. The first-order valence-corrected chi connectivity index (χ1v) is 6.83. The van der Waals surface area contributed by atoms with Crippen molar-refractivity contribution in [2.75, 3.05) is 13.1 Å². The average molecular weight is 238 g/mol. The Labute approximate surface area is 100 Å². The van der Waals surface area contributed by atoms with Crippen LogP contribution in [0.3, 0.4) is 0 Å². The summed E-state index contributed by atoms with van der Waals surface area (Å²) in [7, 11) is 0. The molecule has 0 aromatic carbocycles. The molecule has 0 saturated carbocycles. The first kappa shape index (κ1) is 11.7. The van der Waals surface area contributed by atoms with Crippen LogP contribution in [-0.2, 0) is 17.8 Å². The third-order valence-corrected chi connectivity index (χ3v) is 3.74. The van der Waals surface area contributed by atoms with Gasteiger partial charge in [0.2, 0.25) is 0 Å². The summed E-state index contributed by atoms with van der Waals surface area (Å²) in [4.78, 5) is 18.1. The summed E-state index contributed by atoms with van der Waals surface area (Å²) < 4.78 is 0. The number of likely N-dealkylation sites (tertiary alicyclic amines) is 1. The molecule has 0 aliphatic carbocycles. The Balaban J connectivity index is 1.89. The number of carbonyl (C=O) groups is 1. The number of hydrogen-bond donors (Lipinski definition) is 0. The number of rotatable bonds is 4. The van der Waals surface area contributed by atoms with Crippen LogP contribution >= 0.6 is 11.3 Å². The van der Waals surface area contributed by atoms with Gasteiger partial charge in [-0.3, -0.25) is 9.69 Å². The van der Waals surface area contributed by atoms with Crippen LogP contribution in [0.25, 0.3) is 0 Å². The molecule has 88 valence electrons. The SMILES string of the molecule is CCCc1nc(CN2CCCC(=O)C2)cs1. The smallest absolute Gasteiger partial charge is 0.146 e. The maximum atomic E-state index is 11.3. The van der Waals surface area contributed by atoms with Crippen LogP contribution in [0.15, 0.2) is 5.38 Å². The topological polar surface area (TPSA) is 33.2 Å². The van der Waals surface area contributed by atoms with Gasteiger partial charge >= 0.3 is 0 Å². The van der Waals surface area contributed by atoms with Crippen molar-refractivity contribution >= 4 is 17.1 Å². The zero-order valence-electron chi connectivity index (χ0n) is 9.74. The molecule has 1 fully saturated rings. The lowest BCUT2D eigenvalue weighted by atomic mass is 10.1. The molecule has 0 atom stereocenters. The normalized spacial score (nSPS) is 17.9. The minimum atomic E-state index is 0.371. The minimum absolute atomic E-state index is 0.371. The fourth-order valence-corrected chi connectivity index (χ4v) is 2.91. The highest BCUT2D eigenvalue weighted by Gasteiger charge is 2.17. The lowest BCUT2D eigenvalue weighted by Crippen LogP contribution is -2.35. The number of hydrogen-bond acceptors (Lipinski definition) is 4. The molecular formula is C12H18N2OS. The van der Waals surface area contributed by atoms with Crippen LogP contribution in [-0.4, -0.2) is 28.8 Å². The summed E-state index contributed by atoms with van der Waals surface area (Å²) in [6.45, 7) is 4.66. The summed E-state index contributed by atoms with van der Waals surface area (Å²) in [5.74, 6) is 0.371. The summed E-state index contributed by atoms with van der Waals surface area (Å²) in [5.41, 5.74) is 1.13. The predicted molar refractivity (Wildman–Crippen MR) is 65.6 cm³/mol. The van der Waals surface area contributed by atoms with Crippen molar-refractivity contribution in [3.63, 3.8) is 0 Å². The molecule has 2 heterocycles. The first-order chi connectivity index (χ1) is 7.78. The second-order valence-corrected chi connectivity index (χ2v) is 5.28. The lowest BCUT2D eigenvalue weighted by molar-refractivity contribution is -0.122. The Bertz CT molecular complexity index is 362. The Morgan fingerprint density at radius 1 is 1.56 bits per heavy atom.